The molecule has 2 aromatic heterocycles. The maximum absolute atomic E-state index is 12.2. The molecule has 1 saturated heterocycles. The Morgan fingerprint density at radius 3 is 2.95 bits per heavy atom. The summed E-state index contributed by atoms with van der Waals surface area (Å²) in [5, 5.41) is 6.95. The highest BCUT2D eigenvalue weighted by Gasteiger charge is 2.14. The summed E-state index contributed by atoms with van der Waals surface area (Å²) in [6.07, 6.45) is 5.26. The van der Waals surface area contributed by atoms with Crippen LogP contribution in [-0.2, 0) is 11.3 Å². The molecule has 1 aliphatic rings. The summed E-state index contributed by atoms with van der Waals surface area (Å²) in [5.74, 6) is -0.165. The highest BCUT2D eigenvalue weighted by atomic mass is 16.5. The van der Waals surface area contributed by atoms with Crippen LogP contribution in [0.4, 0.5) is 5.69 Å². The van der Waals surface area contributed by atoms with Gasteiger partial charge in [0.05, 0.1) is 19.8 Å². The first-order valence-electron chi connectivity index (χ1n) is 7.37. The summed E-state index contributed by atoms with van der Waals surface area (Å²) in [5.41, 5.74) is 1.44. The standard InChI is InChI=1S/C15H19N5O2/c21-15(17-5-7-20-6-1-3-18-20)14-12-13(2-4-16-14)19-8-10-22-11-9-19/h1-4,6,12H,5,7-11H2,(H,17,21). The Hall–Kier alpha value is -2.41. The normalized spacial score (nSPS) is 14.8. The van der Waals surface area contributed by atoms with Crippen LogP contribution in [0, 0.1) is 0 Å². The van der Waals surface area contributed by atoms with E-state index in [1.165, 1.54) is 0 Å². The largest absolute Gasteiger partial charge is 0.378 e. The summed E-state index contributed by atoms with van der Waals surface area (Å²) in [4.78, 5) is 18.5. The van der Waals surface area contributed by atoms with Crippen molar-refractivity contribution in [3.8, 4) is 0 Å². The number of carbonyl (C=O) groups is 1. The molecule has 7 nitrogen and oxygen atoms in total. The van der Waals surface area contributed by atoms with E-state index in [-0.39, 0.29) is 5.91 Å². The molecule has 1 amide bonds. The Kier molecular flexibility index (Phi) is 4.65. The van der Waals surface area contributed by atoms with Crippen molar-refractivity contribution in [2.24, 2.45) is 0 Å². The second-order valence-corrected chi connectivity index (χ2v) is 5.02. The Morgan fingerprint density at radius 1 is 1.32 bits per heavy atom. The van der Waals surface area contributed by atoms with Crippen molar-refractivity contribution in [2.75, 3.05) is 37.7 Å². The van der Waals surface area contributed by atoms with Gasteiger partial charge in [-0.3, -0.25) is 14.5 Å². The first-order valence-corrected chi connectivity index (χ1v) is 7.37. The van der Waals surface area contributed by atoms with Crippen molar-refractivity contribution in [1.82, 2.24) is 20.1 Å². The lowest BCUT2D eigenvalue weighted by Gasteiger charge is -2.28. The molecule has 0 bridgehead atoms. The summed E-state index contributed by atoms with van der Waals surface area (Å²) in [7, 11) is 0. The molecule has 3 heterocycles. The number of ether oxygens (including phenoxy) is 1. The van der Waals surface area contributed by atoms with Crippen molar-refractivity contribution in [2.45, 2.75) is 6.54 Å². The van der Waals surface area contributed by atoms with Gasteiger partial charge in [-0.05, 0) is 18.2 Å². The number of pyridine rings is 1. The first kappa shape index (κ1) is 14.5. The predicted octanol–water partition coefficient (Wildman–Crippen LogP) is 0.545. The van der Waals surface area contributed by atoms with E-state index in [1.54, 1.807) is 17.1 Å². The molecule has 1 aliphatic heterocycles. The minimum Gasteiger partial charge on any atom is -0.378 e. The number of amides is 1. The third-order valence-electron chi connectivity index (χ3n) is 3.54. The highest BCUT2D eigenvalue weighted by molar-refractivity contribution is 5.93. The predicted molar refractivity (Wildman–Crippen MR) is 81.8 cm³/mol. The topological polar surface area (TPSA) is 72.3 Å². The molecule has 0 saturated carbocycles. The average Bonchev–Trinajstić information content (AvgIpc) is 3.09. The maximum Gasteiger partial charge on any atom is 0.270 e. The fourth-order valence-electron chi connectivity index (χ4n) is 2.37. The number of nitrogens with zero attached hydrogens (tertiary/aromatic N) is 4. The van der Waals surface area contributed by atoms with Crippen molar-refractivity contribution < 1.29 is 9.53 Å². The van der Waals surface area contributed by atoms with E-state index >= 15 is 0 Å². The smallest absolute Gasteiger partial charge is 0.270 e. The number of hydrogen-bond donors (Lipinski definition) is 1. The monoisotopic (exact) mass is 301 g/mol. The lowest BCUT2D eigenvalue weighted by atomic mass is 10.2. The van der Waals surface area contributed by atoms with Gasteiger partial charge in [-0.1, -0.05) is 0 Å². The highest BCUT2D eigenvalue weighted by Crippen LogP contribution is 2.15. The van der Waals surface area contributed by atoms with Gasteiger partial charge in [0.25, 0.3) is 5.91 Å². The third-order valence-corrected chi connectivity index (χ3v) is 3.54. The van der Waals surface area contributed by atoms with Gasteiger partial charge >= 0.3 is 0 Å². The fourth-order valence-corrected chi connectivity index (χ4v) is 2.37. The van der Waals surface area contributed by atoms with Crippen LogP contribution in [0.5, 0.6) is 0 Å². The van der Waals surface area contributed by atoms with Crippen LogP contribution in [0.1, 0.15) is 10.5 Å². The number of hydrogen-bond acceptors (Lipinski definition) is 5. The van der Waals surface area contributed by atoms with Crippen molar-refractivity contribution in [3.63, 3.8) is 0 Å². The Labute approximate surface area is 128 Å². The molecule has 0 spiro atoms. The van der Waals surface area contributed by atoms with Crippen LogP contribution >= 0.6 is 0 Å². The number of rotatable bonds is 5. The number of morpholine rings is 1. The van der Waals surface area contributed by atoms with Gasteiger partial charge in [-0.2, -0.15) is 5.10 Å². The first-order chi connectivity index (χ1) is 10.8. The zero-order valence-electron chi connectivity index (χ0n) is 12.3. The zero-order valence-corrected chi connectivity index (χ0v) is 12.3. The number of nitrogens with one attached hydrogen (secondary N) is 1. The van der Waals surface area contributed by atoms with Gasteiger partial charge in [0.1, 0.15) is 5.69 Å². The minimum atomic E-state index is -0.165. The van der Waals surface area contributed by atoms with Gasteiger partial charge in [-0.25, -0.2) is 0 Å². The fraction of sp³-hybridized carbons (Fsp3) is 0.400. The third kappa shape index (κ3) is 3.62. The summed E-state index contributed by atoms with van der Waals surface area (Å²) in [6.45, 7) is 4.27. The molecule has 22 heavy (non-hydrogen) atoms. The van der Waals surface area contributed by atoms with Crippen LogP contribution in [0.25, 0.3) is 0 Å². The lowest BCUT2D eigenvalue weighted by molar-refractivity contribution is 0.0947. The Balaban J connectivity index is 1.57. The second-order valence-electron chi connectivity index (χ2n) is 5.02. The van der Waals surface area contributed by atoms with E-state index in [9.17, 15) is 4.79 Å². The van der Waals surface area contributed by atoms with Crippen molar-refractivity contribution >= 4 is 11.6 Å². The second kappa shape index (κ2) is 7.04. The molecule has 0 aliphatic carbocycles. The summed E-state index contributed by atoms with van der Waals surface area (Å²) in [6, 6.07) is 5.61. The van der Waals surface area contributed by atoms with Crippen LogP contribution in [-0.4, -0.2) is 53.5 Å². The summed E-state index contributed by atoms with van der Waals surface area (Å²) < 4.78 is 7.12. The summed E-state index contributed by atoms with van der Waals surface area (Å²) >= 11 is 0. The number of carbonyl (C=O) groups excluding carboxylic acids is 1. The van der Waals surface area contributed by atoms with E-state index in [4.69, 9.17) is 4.74 Å². The molecular formula is C15H19N5O2. The molecule has 7 heteroatoms. The quantitative estimate of drug-likeness (QED) is 0.873. The lowest BCUT2D eigenvalue weighted by Crippen LogP contribution is -2.36. The van der Waals surface area contributed by atoms with Crippen molar-refractivity contribution in [1.29, 1.82) is 0 Å². The molecule has 0 atom stereocenters. The van der Waals surface area contributed by atoms with Crippen molar-refractivity contribution in [3.05, 3.63) is 42.5 Å². The Bertz CT molecular complexity index is 608. The Morgan fingerprint density at radius 2 is 2.18 bits per heavy atom. The molecular weight excluding hydrogens is 282 g/mol. The molecule has 0 unspecified atom stereocenters. The van der Waals surface area contributed by atoms with E-state index in [0.29, 0.717) is 32.0 Å². The molecule has 2 aromatic rings. The molecule has 3 rings (SSSR count). The van der Waals surface area contributed by atoms with Gasteiger partial charge < -0.3 is 15.0 Å². The van der Waals surface area contributed by atoms with E-state index in [2.05, 4.69) is 20.3 Å². The minimum absolute atomic E-state index is 0.165. The SMILES string of the molecule is O=C(NCCn1cccn1)c1cc(N2CCOCC2)ccn1. The molecule has 0 radical (unpaired) electrons. The maximum atomic E-state index is 12.2. The van der Waals surface area contributed by atoms with Crippen LogP contribution < -0.4 is 10.2 Å². The molecule has 116 valence electrons. The van der Waals surface area contributed by atoms with E-state index in [0.717, 1.165) is 18.8 Å². The van der Waals surface area contributed by atoms with Crippen LogP contribution in [0.3, 0.4) is 0 Å². The van der Waals surface area contributed by atoms with E-state index < -0.39 is 0 Å². The van der Waals surface area contributed by atoms with Gasteiger partial charge in [0, 0.05) is 43.9 Å². The van der Waals surface area contributed by atoms with Gasteiger partial charge in [-0.15, -0.1) is 0 Å². The zero-order chi connectivity index (χ0) is 15.2. The number of aromatic nitrogens is 3. The average molecular weight is 301 g/mol. The van der Waals surface area contributed by atoms with E-state index in [1.807, 2.05) is 24.4 Å². The van der Waals surface area contributed by atoms with Crippen LogP contribution in [0.2, 0.25) is 0 Å². The van der Waals surface area contributed by atoms with Gasteiger partial charge in [0.15, 0.2) is 0 Å². The molecule has 0 aromatic carbocycles. The molecule has 1 fully saturated rings. The van der Waals surface area contributed by atoms with Gasteiger partial charge in [0.2, 0.25) is 0 Å². The number of anilines is 1. The van der Waals surface area contributed by atoms with Crippen LogP contribution in [0.15, 0.2) is 36.8 Å². The molecule has 1 N–H and O–H groups in total.